The van der Waals surface area contributed by atoms with Gasteiger partial charge in [0.1, 0.15) is 0 Å². The average molecular weight is 180 g/mol. The maximum atomic E-state index is 10.6. The fourth-order valence-corrected chi connectivity index (χ4v) is 0.915. The zero-order chi connectivity index (χ0) is 10.3. The first-order valence-corrected chi connectivity index (χ1v) is 4.29. The van der Waals surface area contributed by atoms with Crippen molar-refractivity contribution in [2.24, 2.45) is 5.92 Å². The smallest absolute Gasteiger partial charge is 0.306 e. The number of allylic oxidation sites excluding steroid dienone is 5. The molecule has 13 heavy (non-hydrogen) atoms. The van der Waals surface area contributed by atoms with Crippen molar-refractivity contribution in [1.29, 1.82) is 0 Å². The van der Waals surface area contributed by atoms with Crippen LogP contribution in [-0.2, 0) is 4.79 Å². The average Bonchev–Trinajstić information content (AvgIpc) is 2.11. The van der Waals surface area contributed by atoms with Crippen LogP contribution in [0.2, 0.25) is 0 Å². The van der Waals surface area contributed by atoms with Crippen molar-refractivity contribution in [2.45, 2.75) is 20.3 Å². The first-order chi connectivity index (χ1) is 6.11. The number of aliphatic carboxylic acids is 1. The highest BCUT2D eigenvalue weighted by atomic mass is 16.4. The highest BCUT2D eigenvalue weighted by molar-refractivity contribution is 5.70. The Kier molecular flexibility index (Phi) is 5.60. The zero-order valence-electron chi connectivity index (χ0n) is 8.16. The van der Waals surface area contributed by atoms with Crippen LogP contribution < -0.4 is 0 Å². The molecular weight excluding hydrogens is 164 g/mol. The quantitative estimate of drug-likeness (QED) is 0.660. The number of carbonyl (C=O) groups is 1. The van der Waals surface area contributed by atoms with Gasteiger partial charge in [0.2, 0.25) is 0 Å². The van der Waals surface area contributed by atoms with Gasteiger partial charge < -0.3 is 5.11 Å². The van der Waals surface area contributed by atoms with Crippen LogP contribution in [0.3, 0.4) is 0 Å². The maximum absolute atomic E-state index is 10.6. The molecular formula is C11H16O2. The highest BCUT2D eigenvalue weighted by Gasteiger charge is 2.10. The molecule has 0 aromatic rings. The van der Waals surface area contributed by atoms with Gasteiger partial charge in [-0.05, 0) is 13.3 Å². The lowest BCUT2D eigenvalue weighted by atomic mass is 10.0. The van der Waals surface area contributed by atoms with Crippen molar-refractivity contribution in [3.05, 3.63) is 36.5 Å². The molecule has 0 radical (unpaired) electrons. The number of hydrogen-bond acceptors (Lipinski definition) is 1. The van der Waals surface area contributed by atoms with E-state index in [4.69, 9.17) is 5.11 Å². The van der Waals surface area contributed by atoms with Crippen LogP contribution in [0.15, 0.2) is 36.5 Å². The van der Waals surface area contributed by atoms with E-state index >= 15 is 0 Å². The van der Waals surface area contributed by atoms with E-state index in [1.807, 2.05) is 25.2 Å². The monoisotopic (exact) mass is 180 g/mol. The molecule has 0 aliphatic carbocycles. The van der Waals surface area contributed by atoms with E-state index < -0.39 is 5.97 Å². The second kappa shape index (κ2) is 6.23. The molecule has 0 spiro atoms. The van der Waals surface area contributed by atoms with Gasteiger partial charge >= 0.3 is 5.97 Å². The Morgan fingerprint density at radius 1 is 1.62 bits per heavy atom. The van der Waals surface area contributed by atoms with Crippen molar-refractivity contribution in [3.63, 3.8) is 0 Å². The summed E-state index contributed by atoms with van der Waals surface area (Å²) < 4.78 is 0. The van der Waals surface area contributed by atoms with Gasteiger partial charge in [-0.15, -0.1) is 0 Å². The molecule has 0 fully saturated rings. The molecule has 0 saturated heterocycles. The summed E-state index contributed by atoms with van der Waals surface area (Å²) >= 11 is 0. The second-order valence-electron chi connectivity index (χ2n) is 2.90. The largest absolute Gasteiger partial charge is 0.481 e. The van der Waals surface area contributed by atoms with Gasteiger partial charge in [0.05, 0.1) is 5.92 Å². The van der Waals surface area contributed by atoms with Crippen LogP contribution >= 0.6 is 0 Å². The van der Waals surface area contributed by atoms with E-state index in [1.54, 1.807) is 13.0 Å². The van der Waals surface area contributed by atoms with Gasteiger partial charge in [0.25, 0.3) is 0 Å². The lowest BCUT2D eigenvalue weighted by Gasteiger charge is -2.05. The fourth-order valence-electron chi connectivity index (χ4n) is 0.915. The molecule has 0 aliphatic rings. The number of hydrogen-bond donors (Lipinski definition) is 1. The number of carboxylic acid groups (broad SMARTS) is 1. The summed E-state index contributed by atoms with van der Waals surface area (Å²) in [5.41, 5.74) is 1.02. The standard InChI is InChI=1S/C11H16O2/c1-4-6-7-10(5-2)8-9(3)11(12)13/h4-7,9H,1,8H2,2-3H3,(H,12,13)/b7-6-,10-5+. The summed E-state index contributed by atoms with van der Waals surface area (Å²) in [6.07, 6.45) is 7.85. The Labute approximate surface area is 79.3 Å². The van der Waals surface area contributed by atoms with E-state index in [-0.39, 0.29) is 5.92 Å². The molecule has 1 N–H and O–H groups in total. The van der Waals surface area contributed by atoms with Crippen molar-refractivity contribution in [2.75, 3.05) is 0 Å². The van der Waals surface area contributed by atoms with Crippen LogP contribution in [0.1, 0.15) is 20.3 Å². The van der Waals surface area contributed by atoms with Crippen LogP contribution in [0.4, 0.5) is 0 Å². The van der Waals surface area contributed by atoms with Crippen LogP contribution in [0.25, 0.3) is 0 Å². The Morgan fingerprint density at radius 3 is 2.62 bits per heavy atom. The van der Waals surface area contributed by atoms with Crippen LogP contribution in [0.5, 0.6) is 0 Å². The number of carboxylic acids is 1. The third kappa shape index (κ3) is 5.01. The summed E-state index contributed by atoms with van der Waals surface area (Å²) in [6, 6.07) is 0. The Balaban J connectivity index is 4.22. The van der Waals surface area contributed by atoms with Gasteiger partial charge in [-0.1, -0.05) is 43.4 Å². The minimum absolute atomic E-state index is 0.333. The summed E-state index contributed by atoms with van der Waals surface area (Å²) in [4.78, 5) is 10.6. The molecule has 0 saturated carbocycles. The highest BCUT2D eigenvalue weighted by Crippen LogP contribution is 2.12. The molecule has 0 aromatic heterocycles. The summed E-state index contributed by atoms with van der Waals surface area (Å²) in [7, 11) is 0. The Bertz CT molecular complexity index is 236. The third-order valence-electron chi connectivity index (χ3n) is 1.78. The van der Waals surface area contributed by atoms with Crippen LogP contribution in [0, 0.1) is 5.92 Å². The minimum atomic E-state index is -0.758. The molecule has 1 unspecified atom stereocenters. The molecule has 72 valence electrons. The topological polar surface area (TPSA) is 37.3 Å². The van der Waals surface area contributed by atoms with E-state index in [2.05, 4.69) is 6.58 Å². The lowest BCUT2D eigenvalue weighted by molar-refractivity contribution is -0.141. The molecule has 0 amide bonds. The number of rotatable bonds is 5. The van der Waals surface area contributed by atoms with Gasteiger partial charge in [-0.3, -0.25) is 4.79 Å². The van der Waals surface area contributed by atoms with Gasteiger partial charge in [-0.25, -0.2) is 0 Å². The summed E-state index contributed by atoms with van der Waals surface area (Å²) in [5, 5.41) is 8.68. The van der Waals surface area contributed by atoms with Crippen molar-refractivity contribution < 1.29 is 9.90 Å². The summed E-state index contributed by atoms with van der Waals surface area (Å²) in [5.74, 6) is -1.09. The first kappa shape index (κ1) is 11.7. The van der Waals surface area contributed by atoms with E-state index in [0.717, 1.165) is 5.57 Å². The molecule has 2 nitrogen and oxygen atoms in total. The maximum Gasteiger partial charge on any atom is 0.306 e. The lowest BCUT2D eigenvalue weighted by Crippen LogP contribution is -2.09. The Hall–Kier alpha value is -1.31. The Morgan fingerprint density at radius 2 is 2.23 bits per heavy atom. The van der Waals surface area contributed by atoms with Crippen molar-refractivity contribution in [3.8, 4) is 0 Å². The molecule has 0 aromatic carbocycles. The zero-order valence-corrected chi connectivity index (χ0v) is 8.16. The van der Waals surface area contributed by atoms with Gasteiger partial charge in [0.15, 0.2) is 0 Å². The minimum Gasteiger partial charge on any atom is -0.481 e. The normalized spacial score (nSPS) is 14.5. The molecule has 2 heteroatoms. The first-order valence-electron chi connectivity index (χ1n) is 4.29. The summed E-state index contributed by atoms with van der Waals surface area (Å²) in [6.45, 7) is 7.15. The predicted octanol–water partition coefficient (Wildman–Crippen LogP) is 2.79. The van der Waals surface area contributed by atoms with E-state index in [0.29, 0.717) is 6.42 Å². The van der Waals surface area contributed by atoms with Crippen molar-refractivity contribution in [1.82, 2.24) is 0 Å². The third-order valence-corrected chi connectivity index (χ3v) is 1.78. The molecule has 0 heterocycles. The van der Waals surface area contributed by atoms with E-state index in [9.17, 15) is 4.79 Å². The molecule has 0 aliphatic heterocycles. The SMILES string of the molecule is C=C/C=C\C(=C/C)CC(C)C(=O)O. The van der Waals surface area contributed by atoms with Crippen molar-refractivity contribution >= 4 is 5.97 Å². The van der Waals surface area contributed by atoms with E-state index in [1.165, 1.54) is 0 Å². The molecule has 0 bridgehead atoms. The van der Waals surface area contributed by atoms with Crippen LogP contribution in [-0.4, -0.2) is 11.1 Å². The van der Waals surface area contributed by atoms with Gasteiger partial charge in [0, 0.05) is 0 Å². The van der Waals surface area contributed by atoms with Gasteiger partial charge in [-0.2, -0.15) is 0 Å². The molecule has 0 rings (SSSR count). The predicted molar refractivity (Wildman–Crippen MR) is 54.5 cm³/mol. The fraction of sp³-hybridized carbons (Fsp3) is 0.364. The molecule has 1 atom stereocenters. The second-order valence-corrected chi connectivity index (χ2v) is 2.90.